The SMILES string of the molecule is Cc1cccc(NC(=O)CN(C)Cc2ccc(CO)cc2)c1C. The minimum atomic E-state index is -0.0202. The summed E-state index contributed by atoms with van der Waals surface area (Å²) in [6.45, 7) is 5.11. The van der Waals surface area contributed by atoms with Gasteiger partial charge in [-0.1, -0.05) is 36.4 Å². The van der Waals surface area contributed by atoms with Crippen LogP contribution in [0.4, 0.5) is 5.69 Å². The number of aliphatic hydroxyl groups excluding tert-OH is 1. The molecule has 0 fully saturated rings. The lowest BCUT2D eigenvalue weighted by atomic mass is 10.1. The van der Waals surface area contributed by atoms with Crippen LogP contribution in [-0.4, -0.2) is 29.5 Å². The lowest BCUT2D eigenvalue weighted by Gasteiger charge is -2.17. The largest absolute Gasteiger partial charge is 0.392 e. The van der Waals surface area contributed by atoms with Crippen molar-refractivity contribution in [2.24, 2.45) is 0 Å². The van der Waals surface area contributed by atoms with Gasteiger partial charge >= 0.3 is 0 Å². The number of nitrogens with zero attached hydrogens (tertiary/aromatic N) is 1. The van der Waals surface area contributed by atoms with E-state index in [0.29, 0.717) is 13.1 Å². The average Bonchev–Trinajstić information content (AvgIpc) is 2.52. The highest BCUT2D eigenvalue weighted by atomic mass is 16.3. The van der Waals surface area contributed by atoms with Gasteiger partial charge in [-0.15, -0.1) is 0 Å². The molecule has 4 nitrogen and oxygen atoms in total. The van der Waals surface area contributed by atoms with Crippen molar-refractivity contribution in [1.29, 1.82) is 0 Å². The molecule has 0 aliphatic rings. The number of benzene rings is 2. The van der Waals surface area contributed by atoms with Crippen molar-refractivity contribution in [2.75, 3.05) is 18.9 Å². The third-order valence-corrected chi connectivity index (χ3v) is 3.95. The number of rotatable bonds is 6. The third kappa shape index (κ3) is 4.91. The van der Waals surface area contributed by atoms with E-state index in [1.807, 2.05) is 68.3 Å². The molecule has 0 spiro atoms. The first-order chi connectivity index (χ1) is 11.0. The monoisotopic (exact) mass is 312 g/mol. The summed E-state index contributed by atoms with van der Waals surface area (Å²) < 4.78 is 0. The lowest BCUT2D eigenvalue weighted by Crippen LogP contribution is -2.30. The molecule has 2 aromatic rings. The van der Waals surface area contributed by atoms with Crippen LogP contribution in [-0.2, 0) is 17.9 Å². The maximum absolute atomic E-state index is 12.2. The van der Waals surface area contributed by atoms with Gasteiger partial charge in [0.15, 0.2) is 0 Å². The van der Waals surface area contributed by atoms with Crippen LogP contribution in [0.5, 0.6) is 0 Å². The van der Waals surface area contributed by atoms with Gasteiger partial charge < -0.3 is 10.4 Å². The second-order valence-corrected chi connectivity index (χ2v) is 5.94. The average molecular weight is 312 g/mol. The van der Waals surface area contributed by atoms with Crippen molar-refractivity contribution in [3.63, 3.8) is 0 Å². The van der Waals surface area contributed by atoms with E-state index in [9.17, 15) is 4.79 Å². The maximum Gasteiger partial charge on any atom is 0.238 e. The van der Waals surface area contributed by atoms with Gasteiger partial charge in [-0.05, 0) is 49.2 Å². The van der Waals surface area contributed by atoms with Crippen LogP contribution in [0, 0.1) is 13.8 Å². The first-order valence-corrected chi connectivity index (χ1v) is 7.73. The number of nitrogens with one attached hydrogen (secondary N) is 1. The molecule has 0 aromatic heterocycles. The summed E-state index contributed by atoms with van der Waals surface area (Å²) in [7, 11) is 1.92. The number of hydrogen-bond acceptors (Lipinski definition) is 3. The summed E-state index contributed by atoms with van der Waals surface area (Å²) in [5.41, 5.74) is 5.15. The first-order valence-electron chi connectivity index (χ1n) is 7.73. The minimum Gasteiger partial charge on any atom is -0.392 e. The summed E-state index contributed by atoms with van der Waals surface area (Å²) in [5, 5.41) is 12.0. The molecule has 0 unspecified atom stereocenters. The highest BCUT2D eigenvalue weighted by Gasteiger charge is 2.09. The van der Waals surface area contributed by atoms with Gasteiger partial charge in [0.2, 0.25) is 5.91 Å². The highest BCUT2D eigenvalue weighted by Crippen LogP contribution is 2.17. The van der Waals surface area contributed by atoms with Crippen molar-refractivity contribution in [3.05, 3.63) is 64.7 Å². The second kappa shape index (κ2) is 7.90. The van der Waals surface area contributed by atoms with Crippen molar-refractivity contribution < 1.29 is 9.90 Å². The maximum atomic E-state index is 12.2. The molecule has 0 bridgehead atoms. The number of carbonyl (C=O) groups excluding carboxylic acids is 1. The second-order valence-electron chi connectivity index (χ2n) is 5.94. The molecule has 0 heterocycles. The van der Waals surface area contributed by atoms with Gasteiger partial charge in [-0.25, -0.2) is 0 Å². The van der Waals surface area contributed by atoms with E-state index >= 15 is 0 Å². The molecule has 122 valence electrons. The van der Waals surface area contributed by atoms with E-state index in [-0.39, 0.29) is 12.5 Å². The molecule has 0 aliphatic carbocycles. The molecule has 2 aromatic carbocycles. The van der Waals surface area contributed by atoms with E-state index in [0.717, 1.165) is 22.4 Å². The van der Waals surface area contributed by atoms with Crippen LogP contribution >= 0.6 is 0 Å². The number of hydrogen-bond donors (Lipinski definition) is 2. The summed E-state index contributed by atoms with van der Waals surface area (Å²) in [4.78, 5) is 14.2. The van der Waals surface area contributed by atoms with Gasteiger partial charge in [-0.3, -0.25) is 9.69 Å². The number of amides is 1. The molecular formula is C19H24N2O2. The summed E-state index contributed by atoms with van der Waals surface area (Å²) in [6.07, 6.45) is 0. The first kappa shape index (κ1) is 17.2. The van der Waals surface area contributed by atoms with Gasteiger partial charge in [0, 0.05) is 12.2 Å². The fraction of sp³-hybridized carbons (Fsp3) is 0.316. The smallest absolute Gasteiger partial charge is 0.238 e. The van der Waals surface area contributed by atoms with Crippen LogP contribution in [0.1, 0.15) is 22.3 Å². The Bertz CT molecular complexity index is 666. The van der Waals surface area contributed by atoms with Gasteiger partial charge in [-0.2, -0.15) is 0 Å². The van der Waals surface area contributed by atoms with E-state index in [1.54, 1.807) is 0 Å². The Balaban J connectivity index is 1.90. The Morgan fingerprint density at radius 2 is 1.74 bits per heavy atom. The Labute approximate surface area is 137 Å². The summed E-state index contributed by atoms with van der Waals surface area (Å²) >= 11 is 0. The Kier molecular flexibility index (Phi) is 5.90. The van der Waals surface area contributed by atoms with Crippen molar-refractivity contribution in [2.45, 2.75) is 27.0 Å². The molecule has 0 saturated carbocycles. The van der Waals surface area contributed by atoms with Crippen LogP contribution < -0.4 is 5.32 Å². The van der Waals surface area contributed by atoms with Crippen molar-refractivity contribution in [3.8, 4) is 0 Å². The van der Waals surface area contributed by atoms with E-state index in [1.165, 1.54) is 5.56 Å². The van der Waals surface area contributed by atoms with E-state index < -0.39 is 0 Å². The molecule has 2 N–H and O–H groups in total. The Morgan fingerprint density at radius 3 is 2.39 bits per heavy atom. The number of carbonyl (C=O) groups is 1. The van der Waals surface area contributed by atoms with Gasteiger partial charge in [0.25, 0.3) is 0 Å². The minimum absolute atomic E-state index is 0.0202. The third-order valence-electron chi connectivity index (χ3n) is 3.95. The van der Waals surface area contributed by atoms with Gasteiger partial charge in [0.05, 0.1) is 13.2 Å². The number of anilines is 1. The molecule has 1 amide bonds. The zero-order valence-electron chi connectivity index (χ0n) is 14.0. The topological polar surface area (TPSA) is 52.6 Å². The molecule has 2 rings (SSSR count). The normalized spacial score (nSPS) is 10.8. The fourth-order valence-corrected chi connectivity index (χ4v) is 2.44. The van der Waals surface area contributed by atoms with Crippen molar-refractivity contribution in [1.82, 2.24) is 4.90 Å². The number of likely N-dealkylation sites (N-methyl/N-ethyl adjacent to an activating group) is 1. The molecule has 23 heavy (non-hydrogen) atoms. The molecule has 0 radical (unpaired) electrons. The zero-order chi connectivity index (χ0) is 16.8. The molecule has 0 saturated heterocycles. The van der Waals surface area contributed by atoms with Crippen LogP contribution in [0.3, 0.4) is 0 Å². The Morgan fingerprint density at radius 1 is 1.09 bits per heavy atom. The highest BCUT2D eigenvalue weighted by molar-refractivity contribution is 5.93. The molecule has 0 atom stereocenters. The lowest BCUT2D eigenvalue weighted by molar-refractivity contribution is -0.117. The predicted octanol–water partition coefficient (Wildman–Crippen LogP) is 2.87. The standard InChI is InChI=1S/C19H24N2O2/c1-14-5-4-6-18(15(14)2)20-19(23)12-21(3)11-16-7-9-17(13-22)10-8-16/h4-10,22H,11-13H2,1-3H3,(H,20,23). The van der Waals surface area contributed by atoms with Crippen LogP contribution in [0.25, 0.3) is 0 Å². The molecule has 4 heteroatoms. The molecule has 0 aliphatic heterocycles. The van der Waals surface area contributed by atoms with E-state index in [2.05, 4.69) is 5.32 Å². The van der Waals surface area contributed by atoms with E-state index in [4.69, 9.17) is 5.11 Å². The molecular weight excluding hydrogens is 288 g/mol. The Hall–Kier alpha value is -2.17. The zero-order valence-corrected chi connectivity index (χ0v) is 14.0. The van der Waals surface area contributed by atoms with Crippen LogP contribution in [0.2, 0.25) is 0 Å². The number of aliphatic hydroxyl groups is 1. The quantitative estimate of drug-likeness (QED) is 0.862. The summed E-state index contributed by atoms with van der Waals surface area (Å²) in [5.74, 6) is -0.0202. The number of aryl methyl sites for hydroxylation is 1. The fourth-order valence-electron chi connectivity index (χ4n) is 2.44. The summed E-state index contributed by atoms with van der Waals surface area (Å²) in [6, 6.07) is 13.7. The van der Waals surface area contributed by atoms with Crippen molar-refractivity contribution >= 4 is 11.6 Å². The predicted molar refractivity (Wildman–Crippen MR) is 93.2 cm³/mol. The van der Waals surface area contributed by atoms with Crippen LogP contribution in [0.15, 0.2) is 42.5 Å². The van der Waals surface area contributed by atoms with Gasteiger partial charge in [0.1, 0.15) is 0 Å².